The van der Waals surface area contributed by atoms with Gasteiger partial charge in [0.2, 0.25) is 0 Å². The molecule has 0 bridgehead atoms. The Hall–Kier alpha value is -1.39. The van der Waals surface area contributed by atoms with Gasteiger partial charge in [-0.2, -0.15) is 0 Å². The second-order valence-electron chi connectivity index (χ2n) is 4.06. The molecule has 0 aliphatic carbocycles. The number of hydrogen-bond acceptors (Lipinski definition) is 3. The van der Waals surface area contributed by atoms with Gasteiger partial charge in [0.25, 0.3) is 0 Å². The van der Waals surface area contributed by atoms with Crippen LogP contribution in [-0.4, -0.2) is 5.11 Å². The monoisotopic (exact) mass is 250 g/mol. The van der Waals surface area contributed by atoms with E-state index < -0.39 is 6.10 Å². The molecule has 1 aromatic carbocycles. The van der Waals surface area contributed by atoms with Crippen LogP contribution in [0.15, 0.2) is 35.7 Å². The molecular weight excluding hydrogens is 239 g/mol. The van der Waals surface area contributed by atoms with Gasteiger partial charge in [0, 0.05) is 22.9 Å². The van der Waals surface area contributed by atoms with Gasteiger partial charge >= 0.3 is 0 Å². The lowest BCUT2D eigenvalue weighted by atomic mass is 9.98. The van der Waals surface area contributed by atoms with Crippen molar-refractivity contribution in [3.63, 3.8) is 0 Å². The molecule has 2 heterocycles. The molecule has 2 aromatic rings. The molecule has 88 valence electrons. The zero-order valence-corrected chi connectivity index (χ0v) is 9.78. The molecule has 0 spiro atoms. The van der Waals surface area contributed by atoms with Gasteiger partial charge in [0.05, 0.1) is 6.10 Å². The third kappa shape index (κ3) is 1.94. The average Bonchev–Trinajstić information content (AvgIpc) is 2.81. The van der Waals surface area contributed by atoms with E-state index in [2.05, 4.69) is 0 Å². The van der Waals surface area contributed by atoms with Gasteiger partial charge in [-0.15, -0.1) is 11.3 Å². The minimum Gasteiger partial charge on any atom is -0.484 e. The van der Waals surface area contributed by atoms with E-state index in [0.717, 1.165) is 4.88 Å². The summed E-state index contributed by atoms with van der Waals surface area (Å²) in [6.07, 6.45) is -0.259. The first-order chi connectivity index (χ1) is 8.24. The molecule has 0 saturated carbocycles. The number of aliphatic hydroxyl groups excluding tert-OH is 1. The molecule has 1 aliphatic rings. The van der Waals surface area contributed by atoms with Gasteiger partial charge in [-0.05, 0) is 23.6 Å². The molecule has 2 atom stereocenters. The van der Waals surface area contributed by atoms with Crippen molar-refractivity contribution in [2.24, 2.45) is 0 Å². The summed E-state index contributed by atoms with van der Waals surface area (Å²) in [5.41, 5.74) is 0.666. The van der Waals surface area contributed by atoms with Crippen LogP contribution >= 0.6 is 11.3 Å². The fourth-order valence-electron chi connectivity index (χ4n) is 2.07. The van der Waals surface area contributed by atoms with Crippen LogP contribution in [0, 0.1) is 5.82 Å². The molecule has 0 amide bonds. The lowest BCUT2D eigenvalue weighted by molar-refractivity contribution is 0.0671. The highest BCUT2D eigenvalue weighted by Gasteiger charge is 2.28. The minimum absolute atomic E-state index is 0.181. The summed E-state index contributed by atoms with van der Waals surface area (Å²) in [5, 5.41) is 12.0. The van der Waals surface area contributed by atoms with E-state index in [4.69, 9.17) is 4.74 Å². The molecule has 0 saturated heterocycles. The maximum absolute atomic E-state index is 13.1. The number of ether oxygens (including phenoxy) is 1. The highest BCUT2D eigenvalue weighted by atomic mass is 32.1. The SMILES string of the molecule is O[C@@H]1CC(c2cccs2)Oc2cc(F)ccc21. The number of aliphatic hydroxyl groups is 1. The van der Waals surface area contributed by atoms with Crippen molar-refractivity contribution in [2.45, 2.75) is 18.6 Å². The van der Waals surface area contributed by atoms with E-state index in [9.17, 15) is 9.50 Å². The molecule has 0 fully saturated rings. The van der Waals surface area contributed by atoms with Crippen molar-refractivity contribution >= 4 is 11.3 Å². The van der Waals surface area contributed by atoms with Crippen LogP contribution in [0.2, 0.25) is 0 Å². The highest BCUT2D eigenvalue weighted by molar-refractivity contribution is 7.10. The fraction of sp³-hybridized carbons (Fsp3) is 0.231. The molecular formula is C13H11FO2S. The predicted octanol–water partition coefficient (Wildman–Crippen LogP) is 3.44. The molecule has 2 nitrogen and oxygen atoms in total. The first-order valence-corrected chi connectivity index (χ1v) is 6.29. The summed E-state index contributed by atoms with van der Waals surface area (Å²) in [6, 6.07) is 8.17. The number of benzene rings is 1. The van der Waals surface area contributed by atoms with Crippen molar-refractivity contribution < 1.29 is 14.2 Å². The summed E-state index contributed by atoms with van der Waals surface area (Å²) in [4.78, 5) is 1.05. The third-order valence-electron chi connectivity index (χ3n) is 2.90. The zero-order chi connectivity index (χ0) is 11.8. The fourth-order valence-corrected chi connectivity index (χ4v) is 2.83. The Kier molecular flexibility index (Phi) is 2.61. The number of fused-ring (bicyclic) bond motifs is 1. The number of halogens is 1. The molecule has 1 aliphatic heterocycles. The van der Waals surface area contributed by atoms with Crippen LogP contribution in [0.3, 0.4) is 0 Å². The van der Waals surface area contributed by atoms with Crippen LogP contribution in [0.1, 0.15) is 29.1 Å². The summed E-state index contributed by atoms with van der Waals surface area (Å²) in [5.74, 6) is 0.102. The van der Waals surface area contributed by atoms with Gasteiger partial charge in [0.15, 0.2) is 0 Å². The topological polar surface area (TPSA) is 29.5 Å². The summed E-state index contributed by atoms with van der Waals surface area (Å²) < 4.78 is 18.9. The highest BCUT2D eigenvalue weighted by Crippen LogP contribution is 2.41. The Balaban J connectivity index is 1.97. The standard InChI is InChI=1S/C13H11FO2S/c14-8-3-4-9-10(15)7-12(16-11(9)6-8)13-2-1-5-17-13/h1-6,10,12,15H,7H2/t10-,12?/m1/s1. The van der Waals surface area contributed by atoms with E-state index in [1.807, 2.05) is 17.5 Å². The number of hydrogen-bond donors (Lipinski definition) is 1. The molecule has 1 N–H and O–H groups in total. The van der Waals surface area contributed by atoms with E-state index in [-0.39, 0.29) is 11.9 Å². The van der Waals surface area contributed by atoms with Crippen LogP contribution in [-0.2, 0) is 0 Å². The van der Waals surface area contributed by atoms with Gasteiger partial charge < -0.3 is 9.84 Å². The molecule has 3 rings (SSSR count). The van der Waals surface area contributed by atoms with Gasteiger partial charge in [0.1, 0.15) is 17.7 Å². The van der Waals surface area contributed by atoms with Crippen molar-refractivity contribution in [1.82, 2.24) is 0 Å². The predicted molar refractivity (Wildman–Crippen MR) is 63.7 cm³/mol. The Labute approximate surface area is 102 Å². The maximum Gasteiger partial charge on any atom is 0.136 e. The zero-order valence-electron chi connectivity index (χ0n) is 8.97. The maximum atomic E-state index is 13.1. The minimum atomic E-state index is -0.591. The largest absolute Gasteiger partial charge is 0.484 e. The normalized spacial score (nSPS) is 22.9. The first-order valence-electron chi connectivity index (χ1n) is 5.41. The average molecular weight is 250 g/mol. The van der Waals surface area contributed by atoms with Crippen LogP contribution in [0.5, 0.6) is 5.75 Å². The molecule has 17 heavy (non-hydrogen) atoms. The lowest BCUT2D eigenvalue weighted by Gasteiger charge is -2.29. The van der Waals surface area contributed by atoms with Crippen molar-refractivity contribution in [3.8, 4) is 5.75 Å². The van der Waals surface area contributed by atoms with E-state index in [0.29, 0.717) is 17.7 Å². The van der Waals surface area contributed by atoms with Crippen molar-refractivity contribution in [1.29, 1.82) is 0 Å². The smallest absolute Gasteiger partial charge is 0.136 e. The molecule has 1 unspecified atom stereocenters. The molecule has 4 heteroatoms. The van der Waals surface area contributed by atoms with Gasteiger partial charge in [-0.25, -0.2) is 4.39 Å². The van der Waals surface area contributed by atoms with Crippen LogP contribution in [0.4, 0.5) is 4.39 Å². The third-order valence-corrected chi connectivity index (χ3v) is 3.87. The van der Waals surface area contributed by atoms with Crippen molar-refractivity contribution in [3.05, 3.63) is 52.0 Å². The Morgan fingerprint density at radius 1 is 1.35 bits per heavy atom. The Morgan fingerprint density at radius 2 is 2.24 bits per heavy atom. The molecule has 0 radical (unpaired) electrons. The van der Waals surface area contributed by atoms with E-state index in [1.54, 1.807) is 17.4 Å². The van der Waals surface area contributed by atoms with Gasteiger partial charge in [-0.1, -0.05) is 6.07 Å². The Bertz CT molecular complexity index is 524. The molecule has 1 aromatic heterocycles. The van der Waals surface area contributed by atoms with E-state index in [1.165, 1.54) is 12.1 Å². The quantitative estimate of drug-likeness (QED) is 0.840. The van der Waals surface area contributed by atoms with E-state index >= 15 is 0 Å². The van der Waals surface area contributed by atoms with Crippen LogP contribution in [0.25, 0.3) is 0 Å². The summed E-state index contributed by atoms with van der Waals surface area (Å²) in [7, 11) is 0. The Morgan fingerprint density at radius 3 is 3.00 bits per heavy atom. The van der Waals surface area contributed by atoms with Gasteiger partial charge in [-0.3, -0.25) is 0 Å². The first kappa shape index (κ1) is 10.7. The number of rotatable bonds is 1. The summed E-state index contributed by atoms with van der Waals surface area (Å²) >= 11 is 1.58. The summed E-state index contributed by atoms with van der Waals surface area (Å²) in [6.45, 7) is 0. The second-order valence-corrected chi connectivity index (χ2v) is 5.03. The lowest BCUT2D eigenvalue weighted by Crippen LogP contribution is -2.18. The van der Waals surface area contributed by atoms with Crippen molar-refractivity contribution in [2.75, 3.05) is 0 Å². The van der Waals surface area contributed by atoms with Crippen LogP contribution < -0.4 is 4.74 Å². The number of thiophene rings is 1. The second kappa shape index (κ2) is 4.13.